The number of nitrogens with zero attached hydrogens (tertiary/aromatic N) is 1. The van der Waals surface area contributed by atoms with Crippen LogP contribution in [-0.2, 0) is 9.53 Å². The number of aromatic nitrogens is 1. The summed E-state index contributed by atoms with van der Waals surface area (Å²) < 4.78 is 4.80. The van der Waals surface area contributed by atoms with Gasteiger partial charge < -0.3 is 4.74 Å². The highest BCUT2D eigenvalue weighted by atomic mass is 16.5. The number of allylic oxidation sites excluding steroid dienone is 2. The zero-order valence-corrected chi connectivity index (χ0v) is 9.51. The van der Waals surface area contributed by atoms with Crippen LogP contribution in [0, 0.1) is 0 Å². The fourth-order valence-electron chi connectivity index (χ4n) is 1.12. The van der Waals surface area contributed by atoms with Gasteiger partial charge in [-0.1, -0.05) is 18.2 Å². The summed E-state index contributed by atoms with van der Waals surface area (Å²) in [6.07, 6.45) is 8.70. The van der Waals surface area contributed by atoms with E-state index in [1.807, 2.05) is 31.2 Å². The van der Waals surface area contributed by atoms with Crippen LogP contribution in [0.15, 0.2) is 42.3 Å². The van der Waals surface area contributed by atoms with Crippen LogP contribution < -0.4 is 0 Å². The summed E-state index contributed by atoms with van der Waals surface area (Å²) in [4.78, 5) is 15.1. The number of rotatable bonds is 4. The molecule has 1 aromatic heterocycles. The normalized spacial score (nSPS) is 11.8. The summed E-state index contributed by atoms with van der Waals surface area (Å²) in [6, 6.07) is 3.81. The van der Waals surface area contributed by atoms with Crippen molar-refractivity contribution in [2.75, 3.05) is 6.61 Å². The van der Waals surface area contributed by atoms with Crippen molar-refractivity contribution in [3.8, 4) is 0 Å². The van der Waals surface area contributed by atoms with Crippen molar-refractivity contribution in [2.45, 2.75) is 13.8 Å². The van der Waals surface area contributed by atoms with Gasteiger partial charge in [0.15, 0.2) is 0 Å². The average molecular weight is 217 g/mol. The van der Waals surface area contributed by atoms with Gasteiger partial charge in [0.05, 0.1) is 6.61 Å². The van der Waals surface area contributed by atoms with Gasteiger partial charge in [0.1, 0.15) is 0 Å². The second-order valence-electron chi connectivity index (χ2n) is 3.26. The summed E-state index contributed by atoms with van der Waals surface area (Å²) in [7, 11) is 0. The van der Waals surface area contributed by atoms with Gasteiger partial charge in [0.25, 0.3) is 0 Å². The van der Waals surface area contributed by atoms with Crippen molar-refractivity contribution in [3.05, 3.63) is 47.8 Å². The van der Waals surface area contributed by atoms with E-state index in [9.17, 15) is 4.79 Å². The second kappa shape index (κ2) is 6.56. The molecule has 0 unspecified atom stereocenters. The van der Waals surface area contributed by atoms with Gasteiger partial charge in [-0.05, 0) is 31.1 Å². The van der Waals surface area contributed by atoms with Crippen molar-refractivity contribution < 1.29 is 9.53 Å². The van der Waals surface area contributed by atoms with Gasteiger partial charge in [0.2, 0.25) is 0 Å². The van der Waals surface area contributed by atoms with Crippen LogP contribution in [0.2, 0.25) is 0 Å². The number of hydrogen-bond acceptors (Lipinski definition) is 3. The van der Waals surface area contributed by atoms with Crippen molar-refractivity contribution in [1.82, 2.24) is 4.98 Å². The summed E-state index contributed by atoms with van der Waals surface area (Å²) in [6.45, 7) is 4.03. The smallest absolute Gasteiger partial charge is 0.330 e. The molecule has 0 radical (unpaired) electrons. The first-order chi connectivity index (χ1) is 7.72. The molecule has 3 heteroatoms. The number of ether oxygens (including phenoxy) is 1. The minimum absolute atomic E-state index is 0.309. The van der Waals surface area contributed by atoms with Gasteiger partial charge >= 0.3 is 5.97 Å². The van der Waals surface area contributed by atoms with E-state index < -0.39 is 0 Å². The second-order valence-corrected chi connectivity index (χ2v) is 3.26. The van der Waals surface area contributed by atoms with Crippen LogP contribution in [0.25, 0.3) is 6.08 Å². The van der Waals surface area contributed by atoms with Crippen molar-refractivity contribution in [3.63, 3.8) is 0 Å². The Kier molecular flexibility index (Phi) is 4.99. The molecule has 0 saturated heterocycles. The molecule has 16 heavy (non-hydrogen) atoms. The lowest BCUT2D eigenvalue weighted by Gasteiger charge is -1.96. The quantitative estimate of drug-likeness (QED) is 0.442. The fraction of sp³-hybridized carbons (Fsp3) is 0.231. The van der Waals surface area contributed by atoms with Crippen LogP contribution >= 0.6 is 0 Å². The van der Waals surface area contributed by atoms with E-state index in [0.717, 1.165) is 11.1 Å². The summed E-state index contributed by atoms with van der Waals surface area (Å²) in [5.41, 5.74) is 1.85. The van der Waals surface area contributed by atoms with Gasteiger partial charge in [0, 0.05) is 18.5 Å². The van der Waals surface area contributed by atoms with E-state index in [-0.39, 0.29) is 5.97 Å². The number of pyridine rings is 1. The maximum Gasteiger partial charge on any atom is 0.330 e. The van der Waals surface area contributed by atoms with Crippen LogP contribution in [0.5, 0.6) is 0 Å². The molecule has 0 spiro atoms. The van der Waals surface area contributed by atoms with Gasteiger partial charge in [-0.2, -0.15) is 0 Å². The number of esters is 1. The molecule has 0 bridgehead atoms. The van der Waals surface area contributed by atoms with Crippen molar-refractivity contribution >= 4 is 12.0 Å². The van der Waals surface area contributed by atoms with Gasteiger partial charge in [-0.3, -0.25) is 4.98 Å². The average Bonchev–Trinajstić information content (AvgIpc) is 2.28. The molecule has 0 aromatic carbocycles. The summed E-state index contributed by atoms with van der Waals surface area (Å²) >= 11 is 0. The summed E-state index contributed by atoms with van der Waals surface area (Å²) in [5, 5.41) is 0. The highest BCUT2D eigenvalue weighted by Gasteiger charge is 1.94. The van der Waals surface area contributed by atoms with E-state index >= 15 is 0 Å². The van der Waals surface area contributed by atoms with E-state index in [1.54, 1.807) is 19.3 Å². The molecule has 0 aliphatic carbocycles. The monoisotopic (exact) mass is 217 g/mol. The molecule has 0 aliphatic rings. The third-order valence-corrected chi connectivity index (χ3v) is 1.86. The predicted octanol–water partition coefficient (Wildman–Crippen LogP) is 2.60. The molecule has 1 rings (SSSR count). The number of carbonyl (C=O) groups is 1. The lowest BCUT2D eigenvalue weighted by molar-refractivity contribution is -0.137. The Labute approximate surface area is 95.5 Å². The van der Waals surface area contributed by atoms with E-state index in [0.29, 0.717) is 6.61 Å². The first-order valence-corrected chi connectivity index (χ1v) is 5.15. The van der Waals surface area contributed by atoms with E-state index in [1.165, 1.54) is 6.08 Å². The topological polar surface area (TPSA) is 39.2 Å². The van der Waals surface area contributed by atoms with Gasteiger partial charge in [-0.25, -0.2) is 4.79 Å². The molecule has 1 heterocycles. The Morgan fingerprint density at radius 1 is 1.56 bits per heavy atom. The molecular formula is C13H15NO2. The minimum Gasteiger partial charge on any atom is -0.463 e. The first kappa shape index (κ1) is 12.2. The van der Waals surface area contributed by atoms with Crippen LogP contribution in [0.4, 0.5) is 0 Å². The Morgan fingerprint density at radius 3 is 3.00 bits per heavy atom. The fourth-order valence-corrected chi connectivity index (χ4v) is 1.12. The molecular weight excluding hydrogens is 202 g/mol. The molecule has 1 aromatic rings. The summed E-state index contributed by atoms with van der Waals surface area (Å²) in [5.74, 6) is -0.309. The Balaban J connectivity index is 2.60. The van der Waals surface area contributed by atoms with Crippen molar-refractivity contribution in [1.29, 1.82) is 0 Å². The molecule has 3 nitrogen and oxygen atoms in total. The maximum absolute atomic E-state index is 11.1. The number of hydrogen-bond donors (Lipinski definition) is 0. The van der Waals surface area contributed by atoms with E-state index in [4.69, 9.17) is 4.74 Å². The number of carbonyl (C=O) groups excluding carboxylic acids is 1. The molecule has 0 aliphatic heterocycles. The lowest BCUT2D eigenvalue weighted by Crippen LogP contribution is -1.99. The van der Waals surface area contributed by atoms with Crippen molar-refractivity contribution in [2.24, 2.45) is 0 Å². The van der Waals surface area contributed by atoms with Crippen LogP contribution in [0.3, 0.4) is 0 Å². The zero-order valence-electron chi connectivity index (χ0n) is 9.51. The largest absolute Gasteiger partial charge is 0.463 e. The standard InChI is InChI=1S/C13H15NO2/c1-3-16-13(15)9-11(2)6-7-12-5-4-8-14-10-12/h4-10H,3H2,1-2H3/b7-6+,11-9+. The third kappa shape index (κ3) is 4.55. The highest BCUT2D eigenvalue weighted by Crippen LogP contribution is 2.03. The van der Waals surface area contributed by atoms with Crippen LogP contribution in [0.1, 0.15) is 19.4 Å². The molecule has 0 fully saturated rings. The highest BCUT2D eigenvalue weighted by molar-refractivity contribution is 5.83. The first-order valence-electron chi connectivity index (χ1n) is 5.15. The molecule has 0 N–H and O–H groups in total. The molecule has 0 amide bonds. The Hall–Kier alpha value is -1.90. The molecule has 0 saturated carbocycles. The van der Waals surface area contributed by atoms with Crippen LogP contribution in [-0.4, -0.2) is 17.6 Å². The SMILES string of the molecule is CCOC(=O)/C=C(C)/C=C/c1cccnc1. The van der Waals surface area contributed by atoms with E-state index in [2.05, 4.69) is 4.98 Å². The molecule has 0 atom stereocenters. The zero-order chi connectivity index (χ0) is 11.8. The third-order valence-electron chi connectivity index (χ3n) is 1.86. The van der Waals surface area contributed by atoms with Gasteiger partial charge in [-0.15, -0.1) is 0 Å². The minimum atomic E-state index is -0.309. The predicted molar refractivity (Wildman–Crippen MR) is 63.7 cm³/mol. The Morgan fingerprint density at radius 2 is 2.38 bits per heavy atom. The molecule has 84 valence electrons. The lowest BCUT2D eigenvalue weighted by atomic mass is 10.2. The maximum atomic E-state index is 11.1. The Bertz CT molecular complexity index is 394.